The molecular weight excluding hydrogens is 458 g/mol. The first kappa shape index (κ1) is 21.8. The minimum absolute atomic E-state index is 0.0111. The van der Waals surface area contributed by atoms with Crippen molar-refractivity contribution in [3.8, 4) is 11.3 Å². The zero-order valence-corrected chi connectivity index (χ0v) is 17.5. The Hall–Kier alpha value is -4.03. The molecule has 34 heavy (non-hydrogen) atoms. The summed E-state index contributed by atoms with van der Waals surface area (Å²) in [5.74, 6) is -2.26. The van der Waals surface area contributed by atoms with E-state index in [-0.39, 0.29) is 45.6 Å². The summed E-state index contributed by atoms with van der Waals surface area (Å²) in [4.78, 5) is 31.2. The number of nitrogens with one attached hydrogen (secondary N) is 3. The Bertz CT molecular complexity index is 1430. The maximum absolute atomic E-state index is 15.4. The van der Waals surface area contributed by atoms with Crippen LogP contribution in [-0.2, 0) is 9.59 Å². The van der Waals surface area contributed by atoms with Crippen LogP contribution in [0.2, 0.25) is 0 Å². The number of carbonyl (C=O) groups excluding carboxylic acids is 2. The number of rotatable bonds is 7. The van der Waals surface area contributed by atoms with Crippen molar-refractivity contribution in [1.29, 1.82) is 0 Å². The van der Waals surface area contributed by atoms with Gasteiger partial charge in [-0.2, -0.15) is 5.10 Å². The zero-order valence-electron chi connectivity index (χ0n) is 17.5. The number of imidazole rings is 1. The molecule has 1 aromatic carbocycles. The number of nitrogens with zero attached hydrogens (tertiary/aromatic N) is 4. The predicted molar refractivity (Wildman–Crippen MR) is 112 cm³/mol. The first-order valence-electron chi connectivity index (χ1n) is 10.3. The van der Waals surface area contributed by atoms with Crippen molar-refractivity contribution < 1.29 is 27.2 Å². The summed E-state index contributed by atoms with van der Waals surface area (Å²) >= 11 is 0. The number of carbonyl (C=O) groups is 2. The van der Waals surface area contributed by atoms with Crippen LogP contribution in [0.3, 0.4) is 0 Å². The van der Waals surface area contributed by atoms with Crippen LogP contribution in [-0.4, -0.2) is 43.1 Å². The quantitative estimate of drug-likeness (QED) is 0.280. The van der Waals surface area contributed by atoms with Gasteiger partial charge in [0.15, 0.2) is 11.5 Å². The molecule has 3 aromatic heterocycles. The van der Waals surface area contributed by atoms with Gasteiger partial charge in [-0.25, -0.2) is 22.5 Å². The van der Waals surface area contributed by atoms with E-state index in [1.54, 1.807) is 0 Å². The summed E-state index contributed by atoms with van der Waals surface area (Å²) < 4.78 is 58.2. The second-order valence-corrected chi connectivity index (χ2v) is 7.99. The van der Waals surface area contributed by atoms with Gasteiger partial charge in [0.1, 0.15) is 12.0 Å². The Labute approximate surface area is 188 Å². The molecule has 0 spiro atoms. The molecule has 1 aliphatic rings. The Morgan fingerprint density at radius 3 is 2.74 bits per heavy atom. The van der Waals surface area contributed by atoms with Crippen molar-refractivity contribution in [2.24, 2.45) is 5.92 Å². The number of anilines is 1. The van der Waals surface area contributed by atoms with E-state index >= 15 is 4.39 Å². The fourth-order valence-corrected chi connectivity index (χ4v) is 4.01. The highest BCUT2D eigenvalue weighted by molar-refractivity contribution is 5.98. The largest absolute Gasteiger partial charge is 0.352 e. The van der Waals surface area contributed by atoms with Gasteiger partial charge >= 0.3 is 0 Å². The summed E-state index contributed by atoms with van der Waals surface area (Å²) in [5.41, 5.74) is -0.765. The van der Waals surface area contributed by atoms with Crippen molar-refractivity contribution >= 4 is 34.7 Å². The third-order valence-corrected chi connectivity index (χ3v) is 5.79. The smallest absolute Gasteiger partial charge is 0.267 e. The highest BCUT2D eigenvalue weighted by Crippen LogP contribution is 2.41. The summed E-state index contributed by atoms with van der Waals surface area (Å²) in [7, 11) is 0. The first-order valence-corrected chi connectivity index (χ1v) is 10.3. The number of aromatic amines is 1. The van der Waals surface area contributed by atoms with E-state index in [1.807, 2.05) is 0 Å². The van der Waals surface area contributed by atoms with Crippen molar-refractivity contribution in [3.05, 3.63) is 41.7 Å². The normalized spacial score (nSPS) is 18.4. The van der Waals surface area contributed by atoms with Crippen LogP contribution >= 0.6 is 0 Å². The molecule has 5 rings (SSSR count). The number of amides is 2. The number of fused-ring (bicyclic) bond motifs is 2. The molecule has 3 unspecified atom stereocenters. The lowest BCUT2D eigenvalue weighted by atomic mass is 9.93. The molecule has 9 nitrogen and oxygen atoms in total. The molecule has 4 aromatic rings. The van der Waals surface area contributed by atoms with Crippen LogP contribution in [0.15, 0.2) is 24.8 Å². The van der Waals surface area contributed by atoms with Crippen LogP contribution in [0.25, 0.3) is 27.8 Å². The van der Waals surface area contributed by atoms with Crippen LogP contribution in [0.5, 0.6) is 0 Å². The van der Waals surface area contributed by atoms with Gasteiger partial charge in [0.2, 0.25) is 12.3 Å². The topological polar surface area (TPSA) is 117 Å². The van der Waals surface area contributed by atoms with Gasteiger partial charge in [-0.15, -0.1) is 0 Å². The Morgan fingerprint density at radius 2 is 2.06 bits per heavy atom. The van der Waals surface area contributed by atoms with Gasteiger partial charge in [-0.3, -0.25) is 19.7 Å². The van der Waals surface area contributed by atoms with E-state index in [2.05, 4.69) is 30.8 Å². The molecule has 3 heterocycles. The molecule has 1 aliphatic carbocycles. The molecule has 0 saturated heterocycles. The van der Waals surface area contributed by atoms with Crippen molar-refractivity contribution in [3.63, 3.8) is 0 Å². The van der Waals surface area contributed by atoms with Gasteiger partial charge < -0.3 is 15.0 Å². The van der Waals surface area contributed by atoms with E-state index in [4.69, 9.17) is 0 Å². The summed E-state index contributed by atoms with van der Waals surface area (Å²) in [6, 6.07) is -0.905. The number of aromatic nitrogens is 5. The maximum Gasteiger partial charge on any atom is 0.267 e. The molecule has 1 fully saturated rings. The fraction of sp³-hybridized carbons (Fsp3) is 0.286. The summed E-state index contributed by atoms with van der Waals surface area (Å²) in [6.07, 6.45) is 1.49. The average Bonchev–Trinajstić information content (AvgIpc) is 3.16. The van der Waals surface area contributed by atoms with E-state index in [1.165, 1.54) is 36.1 Å². The second-order valence-electron chi connectivity index (χ2n) is 7.99. The Morgan fingerprint density at radius 1 is 1.29 bits per heavy atom. The lowest BCUT2D eigenvalue weighted by Crippen LogP contribution is -2.19. The number of hydrogen-bond acceptors (Lipinski definition) is 5. The zero-order chi connectivity index (χ0) is 24.1. The molecule has 3 N–H and O–H groups in total. The van der Waals surface area contributed by atoms with Crippen LogP contribution in [0.4, 0.5) is 23.4 Å². The van der Waals surface area contributed by atoms with Crippen LogP contribution in [0.1, 0.15) is 36.9 Å². The number of benzene rings is 1. The first-order chi connectivity index (χ1) is 16.3. The lowest BCUT2D eigenvalue weighted by molar-refractivity contribution is -0.117. The predicted octanol–water partition coefficient (Wildman–Crippen LogP) is 3.45. The molecule has 0 radical (unpaired) electrons. The molecule has 13 heteroatoms. The van der Waals surface area contributed by atoms with Gasteiger partial charge in [-0.05, 0) is 13.3 Å². The fourth-order valence-electron chi connectivity index (χ4n) is 4.01. The van der Waals surface area contributed by atoms with Gasteiger partial charge in [-0.1, -0.05) is 0 Å². The minimum atomic E-state index is -3.20. The van der Waals surface area contributed by atoms with Crippen LogP contribution < -0.4 is 10.6 Å². The third-order valence-electron chi connectivity index (χ3n) is 5.79. The number of hydrogen-bond donors (Lipinski definition) is 3. The van der Waals surface area contributed by atoms with Crippen molar-refractivity contribution in [2.45, 2.75) is 32.0 Å². The highest BCUT2D eigenvalue weighted by Gasteiger charge is 2.43. The number of halogens is 4. The van der Waals surface area contributed by atoms with Crippen molar-refractivity contribution in [2.75, 3.05) is 5.32 Å². The number of H-pyrrole nitrogens is 1. The Balaban J connectivity index is 1.63. The third kappa shape index (κ3) is 3.53. The van der Waals surface area contributed by atoms with Crippen LogP contribution in [0, 0.1) is 11.7 Å². The molecule has 2 amide bonds. The SMILES string of the molecule is CC(NC=O)c1c(F)c(C(F)F)c(-c2cn3cc(NC(=O)C4CC4F)nc3cn2)c2cn[nH]c12. The minimum Gasteiger partial charge on any atom is -0.352 e. The van der Waals surface area contributed by atoms with E-state index in [0.29, 0.717) is 6.41 Å². The highest BCUT2D eigenvalue weighted by atomic mass is 19.3. The van der Waals surface area contributed by atoms with E-state index in [0.717, 1.165) is 0 Å². The lowest BCUT2D eigenvalue weighted by Gasteiger charge is -2.19. The molecule has 3 atom stereocenters. The standard InChI is InChI=1S/C21H17F4N7O2/c1-8(27-7-33)15-18(23)17(20(24)25)16(10-3-28-31-19(10)15)12-5-32-6-13(29-14(32)4-26-12)30-21(34)9-2-11(9)22/h3-9,11,20H,2H2,1H3,(H,27,33)(H,28,31)(H,30,34). The average molecular weight is 475 g/mol. The monoisotopic (exact) mass is 475 g/mol. The molecular formula is C21H17F4N7O2. The van der Waals surface area contributed by atoms with E-state index in [9.17, 15) is 22.8 Å². The van der Waals surface area contributed by atoms with Gasteiger partial charge in [0.05, 0.1) is 47.3 Å². The maximum atomic E-state index is 15.4. The second kappa shape index (κ2) is 8.08. The molecule has 176 valence electrons. The number of alkyl halides is 3. The van der Waals surface area contributed by atoms with Gasteiger partial charge in [0.25, 0.3) is 6.43 Å². The molecule has 1 saturated carbocycles. The van der Waals surface area contributed by atoms with Gasteiger partial charge in [0, 0.05) is 22.7 Å². The summed E-state index contributed by atoms with van der Waals surface area (Å²) in [5, 5.41) is 11.6. The molecule has 0 bridgehead atoms. The Kier molecular flexibility index (Phi) is 5.18. The molecule has 0 aliphatic heterocycles. The van der Waals surface area contributed by atoms with E-state index < -0.39 is 41.8 Å². The summed E-state index contributed by atoms with van der Waals surface area (Å²) in [6.45, 7) is 1.46. The van der Waals surface area contributed by atoms with Crippen molar-refractivity contribution in [1.82, 2.24) is 29.9 Å².